The number of ether oxygens (including phenoxy) is 1. The summed E-state index contributed by atoms with van der Waals surface area (Å²) in [5.41, 5.74) is 4.74. The van der Waals surface area contributed by atoms with Gasteiger partial charge in [-0.15, -0.1) is 0 Å². The monoisotopic (exact) mass is 464 g/mol. The first kappa shape index (κ1) is 23.6. The number of amides is 1. The second-order valence-electron chi connectivity index (χ2n) is 10.9. The maximum absolute atomic E-state index is 13.4. The summed E-state index contributed by atoms with van der Waals surface area (Å²) >= 11 is 0. The van der Waals surface area contributed by atoms with Crippen molar-refractivity contribution in [2.24, 2.45) is 5.92 Å². The summed E-state index contributed by atoms with van der Waals surface area (Å²) in [6.45, 7) is 9.66. The summed E-state index contributed by atoms with van der Waals surface area (Å²) < 4.78 is 7.87. The standard InChI is InChI=1S/C28H40N4O2/c1-21(2)19-32-25-11-10-23(18-24(25)26(30-32)27(33)31-14-6-7-15-31)29-20-28(12-16-34-17-13-28)22-8-4-3-5-9-22/h3-5,8-9,21,23,29H,6-7,10-20H2,1-2H3/t23-/m1/s1. The second kappa shape index (κ2) is 10.2. The van der Waals surface area contributed by atoms with E-state index in [-0.39, 0.29) is 11.3 Å². The van der Waals surface area contributed by atoms with Crippen LogP contribution in [-0.2, 0) is 29.5 Å². The molecule has 2 saturated heterocycles. The highest BCUT2D eigenvalue weighted by atomic mass is 16.5. The largest absolute Gasteiger partial charge is 0.381 e. The Bertz CT molecular complexity index is 972. The maximum Gasteiger partial charge on any atom is 0.274 e. The van der Waals surface area contributed by atoms with E-state index in [0.29, 0.717) is 17.7 Å². The van der Waals surface area contributed by atoms with E-state index >= 15 is 0 Å². The molecule has 0 radical (unpaired) electrons. The van der Waals surface area contributed by atoms with E-state index in [4.69, 9.17) is 9.84 Å². The molecule has 2 aliphatic heterocycles. The van der Waals surface area contributed by atoms with E-state index in [1.165, 1.54) is 16.8 Å². The normalized spacial score (nSPS) is 22.2. The minimum absolute atomic E-state index is 0.121. The highest BCUT2D eigenvalue weighted by molar-refractivity contribution is 5.94. The van der Waals surface area contributed by atoms with Crippen molar-refractivity contribution in [3.63, 3.8) is 0 Å². The number of hydrogen-bond donors (Lipinski definition) is 1. The average molecular weight is 465 g/mol. The molecule has 6 nitrogen and oxygen atoms in total. The molecule has 1 amide bonds. The number of benzene rings is 1. The summed E-state index contributed by atoms with van der Waals surface area (Å²) in [5.74, 6) is 0.649. The second-order valence-corrected chi connectivity index (χ2v) is 10.9. The Morgan fingerprint density at radius 3 is 2.62 bits per heavy atom. The number of rotatable bonds is 7. The third-order valence-corrected chi connectivity index (χ3v) is 8.05. The Morgan fingerprint density at radius 1 is 1.18 bits per heavy atom. The SMILES string of the molecule is CC(C)Cn1nc(C(=O)N2CCCC2)c2c1CC[C@@H](NCC1(c3ccccc3)CCOCC1)C2. The van der Waals surface area contributed by atoms with Gasteiger partial charge in [0.05, 0.1) is 0 Å². The number of aromatic nitrogens is 2. The molecule has 3 heterocycles. The molecule has 2 fully saturated rings. The Labute approximate surface area is 204 Å². The molecule has 1 N–H and O–H groups in total. The lowest BCUT2D eigenvalue weighted by atomic mass is 9.73. The summed E-state index contributed by atoms with van der Waals surface area (Å²) in [7, 11) is 0. The predicted molar refractivity (Wildman–Crippen MR) is 134 cm³/mol. The number of nitrogens with zero attached hydrogens (tertiary/aromatic N) is 3. The van der Waals surface area contributed by atoms with Crippen LogP contribution in [0, 0.1) is 5.92 Å². The fourth-order valence-electron chi connectivity index (χ4n) is 6.06. The Kier molecular flexibility index (Phi) is 7.07. The third kappa shape index (κ3) is 4.80. The van der Waals surface area contributed by atoms with Crippen LogP contribution in [0.25, 0.3) is 0 Å². The van der Waals surface area contributed by atoms with Crippen molar-refractivity contribution in [1.82, 2.24) is 20.0 Å². The maximum atomic E-state index is 13.4. The van der Waals surface area contributed by atoms with Crippen molar-refractivity contribution >= 4 is 5.91 Å². The molecule has 1 aromatic carbocycles. The van der Waals surface area contributed by atoms with Crippen molar-refractivity contribution in [2.75, 3.05) is 32.8 Å². The molecule has 0 unspecified atom stereocenters. The van der Waals surface area contributed by atoms with E-state index in [2.05, 4.69) is 54.2 Å². The van der Waals surface area contributed by atoms with Crippen molar-refractivity contribution < 1.29 is 9.53 Å². The number of hydrogen-bond acceptors (Lipinski definition) is 4. The minimum atomic E-state index is 0.121. The van der Waals surface area contributed by atoms with Gasteiger partial charge in [0.15, 0.2) is 5.69 Å². The highest BCUT2D eigenvalue weighted by Gasteiger charge is 2.36. The lowest BCUT2D eigenvalue weighted by Gasteiger charge is -2.39. The summed E-state index contributed by atoms with van der Waals surface area (Å²) in [5, 5.41) is 8.84. The Hall–Kier alpha value is -2.18. The van der Waals surface area contributed by atoms with Crippen LogP contribution in [0.2, 0.25) is 0 Å². The minimum Gasteiger partial charge on any atom is -0.381 e. The highest BCUT2D eigenvalue weighted by Crippen LogP contribution is 2.35. The quantitative estimate of drug-likeness (QED) is 0.674. The van der Waals surface area contributed by atoms with Crippen molar-refractivity contribution in [3.8, 4) is 0 Å². The zero-order chi connectivity index (χ0) is 23.5. The number of nitrogens with one attached hydrogen (secondary N) is 1. The van der Waals surface area contributed by atoms with Crippen LogP contribution in [0.5, 0.6) is 0 Å². The van der Waals surface area contributed by atoms with Crippen LogP contribution in [0.1, 0.15) is 73.3 Å². The molecule has 2 aromatic rings. The van der Waals surface area contributed by atoms with E-state index in [1.807, 2.05) is 4.90 Å². The van der Waals surface area contributed by atoms with Crippen LogP contribution in [0.4, 0.5) is 0 Å². The van der Waals surface area contributed by atoms with Gasteiger partial charge in [0.1, 0.15) is 0 Å². The smallest absolute Gasteiger partial charge is 0.274 e. The molecule has 3 aliphatic rings. The Morgan fingerprint density at radius 2 is 1.91 bits per heavy atom. The number of fused-ring (bicyclic) bond motifs is 1. The van der Waals surface area contributed by atoms with Gasteiger partial charge < -0.3 is 15.0 Å². The summed E-state index contributed by atoms with van der Waals surface area (Å²) in [6, 6.07) is 11.3. The molecular formula is C28H40N4O2. The summed E-state index contributed by atoms with van der Waals surface area (Å²) in [4.78, 5) is 15.4. The molecule has 184 valence electrons. The third-order valence-electron chi connectivity index (χ3n) is 8.05. The zero-order valence-corrected chi connectivity index (χ0v) is 20.9. The van der Waals surface area contributed by atoms with Crippen LogP contribution in [-0.4, -0.2) is 59.5 Å². The van der Waals surface area contributed by atoms with Gasteiger partial charge in [-0.1, -0.05) is 44.2 Å². The molecule has 0 spiro atoms. The van der Waals surface area contributed by atoms with E-state index in [0.717, 1.165) is 84.3 Å². The first-order chi connectivity index (χ1) is 16.6. The number of carbonyl (C=O) groups is 1. The van der Waals surface area contributed by atoms with Gasteiger partial charge in [0.2, 0.25) is 0 Å². The topological polar surface area (TPSA) is 59.4 Å². The van der Waals surface area contributed by atoms with Crippen molar-refractivity contribution in [2.45, 2.75) is 76.8 Å². The molecular weight excluding hydrogens is 424 g/mol. The molecule has 1 atom stereocenters. The molecule has 5 rings (SSSR count). The lowest BCUT2D eigenvalue weighted by Crippen LogP contribution is -2.47. The van der Waals surface area contributed by atoms with Gasteiger partial charge in [-0.3, -0.25) is 9.48 Å². The van der Waals surface area contributed by atoms with Gasteiger partial charge >= 0.3 is 0 Å². The predicted octanol–water partition coefficient (Wildman–Crippen LogP) is 3.97. The van der Waals surface area contributed by atoms with Gasteiger partial charge in [0, 0.05) is 62.1 Å². The van der Waals surface area contributed by atoms with E-state index < -0.39 is 0 Å². The van der Waals surface area contributed by atoms with E-state index in [1.54, 1.807) is 0 Å². The van der Waals surface area contributed by atoms with Crippen LogP contribution < -0.4 is 5.32 Å². The van der Waals surface area contributed by atoms with E-state index in [9.17, 15) is 4.79 Å². The fourth-order valence-corrected chi connectivity index (χ4v) is 6.06. The van der Waals surface area contributed by atoms with Crippen molar-refractivity contribution in [3.05, 3.63) is 52.8 Å². The van der Waals surface area contributed by atoms with Gasteiger partial charge in [-0.2, -0.15) is 5.10 Å². The molecule has 0 saturated carbocycles. The Balaban J connectivity index is 1.35. The molecule has 34 heavy (non-hydrogen) atoms. The zero-order valence-electron chi connectivity index (χ0n) is 20.9. The average Bonchev–Trinajstić information content (AvgIpc) is 3.52. The fraction of sp³-hybridized carbons (Fsp3) is 0.643. The number of likely N-dealkylation sites (tertiary alicyclic amines) is 1. The lowest BCUT2D eigenvalue weighted by molar-refractivity contribution is 0.0486. The molecule has 1 aromatic heterocycles. The molecule has 0 bridgehead atoms. The van der Waals surface area contributed by atoms with Crippen LogP contribution in [0.3, 0.4) is 0 Å². The van der Waals surface area contributed by atoms with Crippen LogP contribution in [0.15, 0.2) is 30.3 Å². The number of carbonyl (C=O) groups excluding carboxylic acids is 1. The van der Waals surface area contributed by atoms with Crippen LogP contribution >= 0.6 is 0 Å². The first-order valence-corrected chi connectivity index (χ1v) is 13.3. The van der Waals surface area contributed by atoms with Gasteiger partial charge in [0.25, 0.3) is 5.91 Å². The summed E-state index contributed by atoms with van der Waals surface area (Å²) in [6.07, 6.45) is 7.28. The molecule has 1 aliphatic carbocycles. The van der Waals surface area contributed by atoms with Crippen molar-refractivity contribution in [1.29, 1.82) is 0 Å². The first-order valence-electron chi connectivity index (χ1n) is 13.3. The van der Waals surface area contributed by atoms with Gasteiger partial charge in [-0.25, -0.2) is 0 Å². The molecule has 6 heteroatoms. The van der Waals surface area contributed by atoms with Gasteiger partial charge in [-0.05, 0) is 56.4 Å².